The SMILES string of the molecule is CCn1nc(C)c(-c2ncccc2N)c1C. The lowest BCUT2D eigenvalue weighted by atomic mass is 10.1. The molecule has 4 nitrogen and oxygen atoms in total. The number of hydrogen-bond donors (Lipinski definition) is 1. The third kappa shape index (κ3) is 1.56. The molecule has 2 N–H and O–H groups in total. The Morgan fingerprint density at radius 3 is 2.69 bits per heavy atom. The molecule has 0 aliphatic heterocycles. The van der Waals surface area contributed by atoms with Gasteiger partial charge in [0, 0.05) is 24.0 Å². The number of nitrogens with two attached hydrogens (primary N) is 1. The first-order chi connectivity index (χ1) is 7.65. The Balaban J connectivity index is 2.65. The van der Waals surface area contributed by atoms with Gasteiger partial charge in [0.2, 0.25) is 0 Å². The molecule has 84 valence electrons. The van der Waals surface area contributed by atoms with Crippen LogP contribution < -0.4 is 5.73 Å². The van der Waals surface area contributed by atoms with Crippen LogP contribution in [0.4, 0.5) is 5.69 Å². The molecule has 2 rings (SSSR count). The number of hydrogen-bond acceptors (Lipinski definition) is 3. The maximum Gasteiger partial charge on any atom is 0.0968 e. The van der Waals surface area contributed by atoms with E-state index in [0.717, 1.165) is 29.2 Å². The molecule has 0 aromatic carbocycles. The number of pyridine rings is 1. The summed E-state index contributed by atoms with van der Waals surface area (Å²) in [6, 6.07) is 3.71. The highest BCUT2D eigenvalue weighted by atomic mass is 15.3. The van der Waals surface area contributed by atoms with Gasteiger partial charge < -0.3 is 5.73 Å². The highest BCUT2D eigenvalue weighted by Gasteiger charge is 2.15. The van der Waals surface area contributed by atoms with Crippen molar-refractivity contribution in [2.24, 2.45) is 0 Å². The molecular weight excluding hydrogens is 200 g/mol. The van der Waals surface area contributed by atoms with Crippen LogP contribution in [0.1, 0.15) is 18.3 Å². The quantitative estimate of drug-likeness (QED) is 0.837. The van der Waals surface area contributed by atoms with Crippen LogP contribution in [0.2, 0.25) is 0 Å². The number of anilines is 1. The fourth-order valence-corrected chi connectivity index (χ4v) is 1.97. The van der Waals surface area contributed by atoms with E-state index < -0.39 is 0 Å². The van der Waals surface area contributed by atoms with Crippen molar-refractivity contribution in [1.82, 2.24) is 14.8 Å². The molecule has 16 heavy (non-hydrogen) atoms. The van der Waals surface area contributed by atoms with Crippen LogP contribution in [-0.2, 0) is 6.54 Å². The summed E-state index contributed by atoms with van der Waals surface area (Å²) in [4.78, 5) is 4.34. The summed E-state index contributed by atoms with van der Waals surface area (Å²) in [5.74, 6) is 0. The number of aromatic nitrogens is 3. The normalized spacial score (nSPS) is 10.7. The third-order valence-corrected chi connectivity index (χ3v) is 2.76. The van der Waals surface area contributed by atoms with E-state index >= 15 is 0 Å². The maximum atomic E-state index is 5.94. The molecule has 0 fully saturated rings. The van der Waals surface area contributed by atoms with E-state index in [-0.39, 0.29) is 0 Å². The Morgan fingerprint density at radius 2 is 2.12 bits per heavy atom. The topological polar surface area (TPSA) is 56.7 Å². The van der Waals surface area contributed by atoms with Gasteiger partial charge in [0.1, 0.15) is 0 Å². The number of rotatable bonds is 2. The van der Waals surface area contributed by atoms with Gasteiger partial charge in [-0.1, -0.05) is 0 Å². The second-order valence-corrected chi connectivity index (χ2v) is 3.80. The fraction of sp³-hybridized carbons (Fsp3) is 0.333. The van der Waals surface area contributed by atoms with Gasteiger partial charge >= 0.3 is 0 Å². The van der Waals surface area contributed by atoms with E-state index in [0.29, 0.717) is 5.69 Å². The highest BCUT2D eigenvalue weighted by Crippen LogP contribution is 2.29. The summed E-state index contributed by atoms with van der Waals surface area (Å²) in [5.41, 5.74) is 10.6. The molecule has 0 aliphatic carbocycles. The maximum absolute atomic E-state index is 5.94. The summed E-state index contributed by atoms with van der Waals surface area (Å²) in [6.07, 6.45) is 1.76. The minimum Gasteiger partial charge on any atom is -0.397 e. The predicted octanol–water partition coefficient (Wildman–Crippen LogP) is 2.16. The van der Waals surface area contributed by atoms with Crippen LogP contribution in [0.5, 0.6) is 0 Å². The van der Waals surface area contributed by atoms with Gasteiger partial charge in [-0.2, -0.15) is 5.10 Å². The Bertz CT molecular complexity index is 514. The molecule has 0 bridgehead atoms. The number of aryl methyl sites for hydroxylation is 2. The van der Waals surface area contributed by atoms with Crippen molar-refractivity contribution in [2.45, 2.75) is 27.3 Å². The van der Waals surface area contributed by atoms with E-state index in [2.05, 4.69) is 17.0 Å². The zero-order valence-electron chi connectivity index (χ0n) is 9.86. The summed E-state index contributed by atoms with van der Waals surface area (Å²) in [7, 11) is 0. The van der Waals surface area contributed by atoms with E-state index in [9.17, 15) is 0 Å². The Labute approximate surface area is 95.1 Å². The van der Waals surface area contributed by atoms with Gasteiger partial charge in [-0.25, -0.2) is 0 Å². The van der Waals surface area contributed by atoms with E-state index in [1.807, 2.05) is 30.7 Å². The van der Waals surface area contributed by atoms with E-state index in [4.69, 9.17) is 5.73 Å². The lowest BCUT2D eigenvalue weighted by molar-refractivity contribution is 0.634. The van der Waals surface area contributed by atoms with Crippen LogP contribution in [-0.4, -0.2) is 14.8 Å². The van der Waals surface area contributed by atoms with Crippen molar-refractivity contribution in [3.63, 3.8) is 0 Å². The lowest BCUT2D eigenvalue weighted by Crippen LogP contribution is -1.99. The molecule has 4 heteroatoms. The minimum atomic E-state index is 0.698. The fourth-order valence-electron chi connectivity index (χ4n) is 1.97. The van der Waals surface area contributed by atoms with Gasteiger partial charge in [-0.15, -0.1) is 0 Å². The molecular formula is C12H16N4. The third-order valence-electron chi connectivity index (χ3n) is 2.76. The molecule has 0 saturated heterocycles. The Morgan fingerprint density at radius 1 is 1.38 bits per heavy atom. The number of nitrogens with zero attached hydrogens (tertiary/aromatic N) is 3. The molecule has 2 heterocycles. The van der Waals surface area contributed by atoms with Crippen molar-refractivity contribution in [3.8, 4) is 11.3 Å². The van der Waals surface area contributed by atoms with Crippen LogP contribution in [0, 0.1) is 13.8 Å². The van der Waals surface area contributed by atoms with Crippen LogP contribution in [0.15, 0.2) is 18.3 Å². The van der Waals surface area contributed by atoms with E-state index in [1.165, 1.54) is 0 Å². The lowest BCUT2D eigenvalue weighted by Gasteiger charge is -2.05. The smallest absolute Gasteiger partial charge is 0.0968 e. The zero-order chi connectivity index (χ0) is 11.7. The highest BCUT2D eigenvalue weighted by molar-refractivity contribution is 5.75. The molecule has 2 aromatic heterocycles. The second-order valence-electron chi connectivity index (χ2n) is 3.80. The first-order valence-corrected chi connectivity index (χ1v) is 5.40. The van der Waals surface area contributed by atoms with Gasteiger partial charge in [-0.3, -0.25) is 9.67 Å². The largest absolute Gasteiger partial charge is 0.397 e. The summed E-state index contributed by atoms with van der Waals surface area (Å²) >= 11 is 0. The first-order valence-electron chi connectivity index (χ1n) is 5.40. The molecule has 0 aliphatic rings. The van der Waals surface area contributed by atoms with Gasteiger partial charge in [0.15, 0.2) is 0 Å². The van der Waals surface area contributed by atoms with E-state index in [1.54, 1.807) is 6.20 Å². The average molecular weight is 216 g/mol. The summed E-state index contributed by atoms with van der Waals surface area (Å²) in [6.45, 7) is 6.97. The predicted molar refractivity (Wildman–Crippen MR) is 65.0 cm³/mol. The zero-order valence-corrected chi connectivity index (χ0v) is 9.86. The Kier molecular flexibility index (Phi) is 2.64. The molecule has 0 amide bonds. The van der Waals surface area contributed by atoms with Crippen molar-refractivity contribution in [1.29, 1.82) is 0 Å². The molecule has 0 atom stereocenters. The molecule has 0 saturated carbocycles. The summed E-state index contributed by atoms with van der Waals surface area (Å²) < 4.78 is 1.97. The molecule has 0 spiro atoms. The average Bonchev–Trinajstić information content (AvgIpc) is 2.55. The first kappa shape index (κ1) is 10.7. The molecule has 2 aromatic rings. The van der Waals surface area contributed by atoms with Crippen molar-refractivity contribution in [3.05, 3.63) is 29.7 Å². The molecule has 0 radical (unpaired) electrons. The summed E-state index contributed by atoms with van der Waals surface area (Å²) in [5, 5.41) is 4.47. The van der Waals surface area contributed by atoms with Crippen molar-refractivity contribution in [2.75, 3.05) is 5.73 Å². The molecule has 0 unspecified atom stereocenters. The van der Waals surface area contributed by atoms with Crippen molar-refractivity contribution >= 4 is 5.69 Å². The Hall–Kier alpha value is -1.84. The van der Waals surface area contributed by atoms with Gasteiger partial charge in [0.05, 0.1) is 17.1 Å². The monoisotopic (exact) mass is 216 g/mol. The van der Waals surface area contributed by atoms with Gasteiger partial charge in [0.25, 0.3) is 0 Å². The van der Waals surface area contributed by atoms with Gasteiger partial charge in [-0.05, 0) is 32.9 Å². The second kappa shape index (κ2) is 3.96. The van der Waals surface area contributed by atoms with Crippen LogP contribution in [0.3, 0.4) is 0 Å². The van der Waals surface area contributed by atoms with Crippen LogP contribution in [0.25, 0.3) is 11.3 Å². The number of nitrogen functional groups attached to an aromatic ring is 1. The standard InChI is InChI=1S/C12H16N4/c1-4-16-9(3)11(8(2)15-16)12-10(13)6-5-7-14-12/h5-7H,4,13H2,1-3H3. The van der Waals surface area contributed by atoms with Crippen molar-refractivity contribution < 1.29 is 0 Å². The van der Waals surface area contributed by atoms with Crippen LogP contribution >= 0.6 is 0 Å². The minimum absolute atomic E-state index is 0.698.